The first-order chi connectivity index (χ1) is 27.1. The van der Waals surface area contributed by atoms with Gasteiger partial charge in [-0.2, -0.15) is 0 Å². The molecule has 0 saturated carbocycles. The highest BCUT2D eigenvalue weighted by Crippen LogP contribution is 2.43. The molecule has 10 aromatic rings. The molecule has 0 bridgehead atoms. The number of furan rings is 1. The molecular formula is C50H33N3OS. The van der Waals surface area contributed by atoms with Crippen molar-refractivity contribution < 1.29 is 4.42 Å². The Bertz CT molecular complexity index is 3140. The lowest BCUT2D eigenvalue weighted by Crippen LogP contribution is -2.00. The molecule has 0 amide bonds. The molecule has 1 aliphatic carbocycles. The van der Waals surface area contributed by atoms with Gasteiger partial charge in [-0.05, 0) is 92.7 Å². The van der Waals surface area contributed by atoms with Crippen LogP contribution < -0.4 is 0 Å². The molecule has 0 radical (unpaired) electrons. The van der Waals surface area contributed by atoms with Gasteiger partial charge in [-0.25, -0.2) is 15.0 Å². The zero-order chi connectivity index (χ0) is 36.5. The molecule has 5 heteroatoms. The summed E-state index contributed by atoms with van der Waals surface area (Å²) < 4.78 is 7.49. The Kier molecular flexibility index (Phi) is 7.36. The molecule has 4 nitrogen and oxygen atoms in total. The fourth-order valence-electron chi connectivity index (χ4n) is 8.18. The fourth-order valence-corrected chi connectivity index (χ4v) is 9.47. The van der Waals surface area contributed by atoms with Gasteiger partial charge < -0.3 is 4.42 Å². The molecule has 0 fully saturated rings. The normalized spacial score (nSPS) is 13.9. The van der Waals surface area contributed by atoms with E-state index in [2.05, 4.69) is 146 Å². The number of fused-ring (bicyclic) bond motifs is 7. The Morgan fingerprint density at radius 3 is 2.00 bits per heavy atom. The summed E-state index contributed by atoms with van der Waals surface area (Å²) in [5, 5.41) is 5.85. The standard InChI is InChI=1S/C50H33N3OS/c1-30-9-7-16-44-46(30)41-26-25-37(29-45(41)55-44)50-52-48(34-21-17-32(18-22-34)31-10-3-2-4-11-31)51-49(53-50)36-24-20-33-19-23-35(27-38(33)28-36)39-13-8-15-43-47(39)40-12-5-6-14-42(40)54-43/h2-8,10-30H,9H2,1H3. The smallest absolute Gasteiger partial charge is 0.164 e. The summed E-state index contributed by atoms with van der Waals surface area (Å²) in [7, 11) is 0. The van der Waals surface area contributed by atoms with E-state index in [0.717, 1.165) is 72.5 Å². The third-order valence-electron chi connectivity index (χ3n) is 11.0. The molecule has 0 N–H and O–H groups in total. The minimum atomic E-state index is 0.509. The van der Waals surface area contributed by atoms with Crippen LogP contribution in [0.5, 0.6) is 0 Å². The summed E-state index contributed by atoms with van der Waals surface area (Å²) in [6.45, 7) is 2.32. The summed E-state index contributed by atoms with van der Waals surface area (Å²) in [5.41, 5.74) is 10.7. The molecule has 0 saturated heterocycles. The van der Waals surface area contributed by atoms with E-state index in [1.165, 1.54) is 26.1 Å². The van der Waals surface area contributed by atoms with Crippen molar-refractivity contribution in [3.05, 3.63) is 168 Å². The van der Waals surface area contributed by atoms with Crippen LogP contribution in [0.15, 0.2) is 162 Å². The van der Waals surface area contributed by atoms with Gasteiger partial charge in [0.25, 0.3) is 0 Å². The van der Waals surface area contributed by atoms with E-state index in [1.807, 2.05) is 35.6 Å². The summed E-state index contributed by atoms with van der Waals surface area (Å²) in [4.78, 5) is 16.8. The molecule has 7 aromatic carbocycles. The first-order valence-corrected chi connectivity index (χ1v) is 19.5. The van der Waals surface area contributed by atoms with Gasteiger partial charge >= 0.3 is 0 Å². The minimum absolute atomic E-state index is 0.509. The van der Waals surface area contributed by atoms with E-state index in [9.17, 15) is 0 Å². The highest BCUT2D eigenvalue weighted by Gasteiger charge is 2.21. The van der Waals surface area contributed by atoms with Gasteiger partial charge in [0.15, 0.2) is 17.5 Å². The van der Waals surface area contributed by atoms with Crippen molar-refractivity contribution in [1.82, 2.24) is 15.0 Å². The van der Waals surface area contributed by atoms with Gasteiger partial charge in [0.05, 0.1) is 0 Å². The quantitative estimate of drug-likeness (QED) is 0.177. The van der Waals surface area contributed by atoms with Crippen LogP contribution in [-0.2, 0) is 0 Å². The molecule has 260 valence electrons. The topological polar surface area (TPSA) is 51.8 Å². The molecule has 0 spiro atoms. The number of hydrogen-bond acceptors (Lipinski definition) is 5. The Morgan fingerprint density at radius 1 is 0.527 bits per heavy atom. The third-order valence-corrected chi connectivity index (χ3v) is 12.1. The largest absolute Gasteiger partial charge is 0.456 e. The van der Waals surface area contributed by atoms with Crippen LogP contribution in [0.2, 0.25) is 0 Å². The van der Waals surface area contributed by atoms with Crippen LogP contribution in [-0.4, -0.2) is 15.0 Å². The van der Waals surface area contributed by atoms with Crippen LogP contribution in [0.3, 0.4) is 0 Å². The number of hydrogen-bond donors (Lipinski definition) is 0. The number of rotatable bonds is 5. The number of benzene rings is 7. The first-order valence-electron chi connectivity index (χ1n) is 18.7. The van der Waals surface area contributed by atoms with E-state index in [0.29, 0.717) is 23.4 Å². The molecule has 1 aliphatic rings. The van der Waals surface area contributed by atoms with Crippen molar-refractivity contribution in [2.45, 2.75) is 19.3 Å². The van der Waals surface area contributed by atoms with Crippen LogP contribution in [0, 0.1) is 0 Å². The van der Waals surface area contributed by atoms with Crippen molar-refractivity contribution in [2.24, 2.45) is 0 Å². The van der Waals surface area contributed by atoms with Crippen molar-refractivity contribution in [1.29, 1.82) is 0 Å². The maximum absolute atomic E-state index is 6.23. The van der Waals surface area contributed by atoms with E-state index < -0.39 is 0 Å². The maximum Gasteiger partial charge on any atom is 0.164 e. The first kappa shape index (κ1) is 31.8. The molecular weight excluding hydrogens is 691 g/mol. The molecule has 11 rings (SSSR count). The Balaban J connectivity index is 1.05. The SMILES string of the molecule is CC1CC=Cc2sc3cc(-c4nc(-c5ccc(-c6ccccc6)cc5)nc(-c5ccc6ccc(-c7cccc8oc9ccccc9c78)cc6c5)n4)ccc3c21. The second kappa shape index (κ2) is 12.7. The lowest BCUT2D eigenvalue weighted by atomic mass is 9.91. The lowest BCUT2D eigenvalue weighted by Gasteiger charge is -2.14. The predicted molar refractivity (Wildman–Crippen MR) is 229 cm³/mol. The summed E-state index contributed by atoms with van der Waals surface area (Å²) in [6, 6.07) is 53.4. The zero-order valence-corrected chi connectivity index (χ0v) is 30.8. The molecule has 1 unspecified atom stereocenters. The van der Waals surface area contributed by atoms with Gasteiger partial charge in [-0.15, -0.1) is 11.3 Å². The zero-order valence-electron chi connectivity index (χ0n) is 30.0. The number of thiophene rings is 1. The monoisotopic (exact) mass is 723 g/mol. The van der Waals surface area contributed by atoms with Gasteiger partial charge in [0.2, 0.25) is 0 Å². The average molecular weight is 724 g/mol. The van der Waals surface area contributed by atoms with Crippen molar-refractivity contribution in [3.8, 4) is 56.4 Å². The third kappa shape index (κ3) is 5.47. The molecule has 0 aliphatic heterocycles. The highest BCUT2D eigenvalue weighted by atomic mass is 32.1. The van der Waals surface area contributed by atoms with E-state index in [-0.39, 0.29) is 0 Å². The van der Waals surface area contributed by atoms with Crippen molar-refractivity contribution >= 4 is 60.2 Å². The Labute approximate surface area is 322 Å². The number of aromatic nitrogens is 3. The number of para-hydroxylation sites is 1. The molecule has 55 heavy (non-hydrogen) atoms. The van der Waals surface area contributed by atoms with E-state index >= 15 is 0 Å². The molecule has 3 heterocycles. The van der Waals surface area contributed by atoms with Crippen LogP contribution in [0.1, 0.15) is 29.7 Å². The summed E-state index contributed by atoms with van der Waals surface area (Å²) in [5.74, 6) is 2.46. The highest BCUT2D eigenvalue weighted by molar-refractivity contribution is 7.20. The summed E-state index contributed by atoms with van der Waals surface area (Å²) in [6.07, 6.45) is 5.65. The van der Waals surface area contributed by atoms with Gasteiger partial charge in [0, 0.05) is 37.0 Å². The predicted octanol–water partition coefficient (Wildman–Crippen LogP) is 14.0. The maximum atomic E-state index is 6.23. The summed E-state index contributed by atoms with van der Waals surface area (Å²) >= 11 is 1.85. The van der Waals surface area contributed by atoms with E-state index in [4.69, 9.17) is 19.4 Å². The van der Waals surface area contributed by atoms with Gasteiger partial charge in [-0.3, -0.25) is 0 Å². The average Bonchev–Trinajstić information content (AvgIpc) is 3.82. The number of nitrogens with zero attached hydrogens (tertiary/aromatic N) is 3. The second-order valence-electron chi connectivity index (χ2n) is 14.4. The second-order valence-corrected chi connectivity index (χ2v) is 15.5. The molecule has 3 aromatic heterocycles. The van der Waals surface area contributed by atoms with Crippen molar-refractivity contribution in [3.63, 3.8) is 0 Å². The van der Waals surface area contributed by atoms with Crippen LogP contribution in [0.25, 0.3) is 105 Å². The van der Waals surface area contributed by atoms with Gasteiger partial charge in [-0.1, -0.05) is 134 Å². The van der Waals surface area contributed by atoms with Crippen molar-refractivity contribution in [2.75, 3.05) is 0 Å². The Morgan fingerprint density at radius 2 is 1.16 bits per heavy atom. The van der Waals surface area contributed by atoms with Crippen LogP contribution in [0.4, 0.5) is 0 Å². The van der Waals surface area contributed by atoms with E-state index in [1.54, 1.807) is 0 Å². The minimum Gasteiger partial charge on any atom is -0.456 e. The number of allylic oxidation sites excluding steroid dienone is 1. The van der Waals surface area contributed by atoms with Gasteiger partial charge in [0.1, 0.15) is 11.2 Å². The van der Waals surface area contributed by atoms with Crippen LogP contribution >= 0.6 is 11.3 Å². The molecule has 1 atom stereocenters. The fraction of sp³-hybridized carbons (Fsp3) is 0.0600. The Hall–Kier alpha value is -6.69. The lowest BCUT2D eigenvalue weighted by molar-refractivity contribution is 0.669.